The van der Waals surface area contributed by atoms with Crippen molar-refractivity contribution in [3.8, 4) is 0 Å². The number of β-amino-alcohol motifs (C(OH)–C–C–N with tert-alkyl or cyclic N) is 1. The van der Waals surface area contributed by atoms with Crippen molar-refractivity contribution in [2.75, 3.05) is 13.1 Å². The Morgan fingerprint density at radius 2 is 2.53 bits per heavy atom. The van der Waals surface area contributed by atoms with E-state index in [1.165, 1.54) is 0 Å². The normalized spacial score (nSPS) is 26.8. The second-order valence-corrected chi connectivity index (χ2v) is 4.26. The fraction of sp³-hybridized carbons (Fsp3) is 0.727. The molecule has 0 amide bonds. The Bertz CT molecular complexity index is 315. The number of imidazole rings is 1. The Labute approximate surface area is 90.3 Å². The van der Waals surface area contributed by atoms with Crippen molar-refractivity contribution in [3.05, 3.63) is 18.2 Å². The molecule has 1 aliphatic rings. The summed E-state index contributed by atoms with van der Waals surface area (Å²) in [6.45, 7) is 4.68. The molecule has 1 fully saturated rings. The lowest BCUT2D eigenvalue weighted by Crippen LogP contribution is -2.45. The number of piperidine rings is 1. The molecule has 15 heavy (non-hydrogen) atoms. The number of nitrogens with one attached hydrogen (secondary N) is 1. The maximum atomic E-state index is 10.5. The molecule has 2 N–H and O–H groups in total. The van der Waals surface area contributed by atoms with Gasteiger partial charge in [-0.3, -0.25) is 0 Å². The van der Waals surface area contributed by atoms with E-state index >= 15 is 0 Å². The predicted molar refractivity (Wildman–Crippen MR) is 58.5 cm³/mol. The van der Waals surface area contributed by atoms with Crippen molar-refractivity contribution in [1.82, 2.24) is 14.9 Å². The van der Waals surface area contributed by atoms with Crippen LogP contribution >= 0.6 is 0 Å². The van der Waals surface area contributed by atoms with Gasteiger partial charge >= 0.3 is 0 Å². The molecule has 4 heteroatoms. The van der Waals surface area contributed by atoms with Crippen LogP contribution in [0, 0.1) is 0 Å². The minimum absolute atomic E-state index is 0.619. The maximum Gasteiger partial charge on any atom is 0.142 e. The predicted octanol–water partition coefficient (Wildman–Crippen LogP) is 0.864. The number of aliphatic hydroxyl groups is 1. The van der Waals surface area contributed by atoms with Crippen molar-refractivity contribution in [1.29, 1.82) is 0 Å². The quantitative estimate of drug-likeness (QED) is 0.776. The average molecular weight is 209 g/mol. The molecule has 2 heterocycles. The molecule has 0 aromatic carbocycles. The van der Waals surface area contributed by atoms with Crippen LogP contribution in [0.4, 0.5) is 0 Å². The molecule has 0 saturated carbocycles. The summed E-state index contributed by atoms with van der Waals surface area (Å²) in [6, 6.07) is 0. The third kappa shape index (κ3) is 2.06. The smallest absolute Gasteiger partial charge is 0.142 e. The second-order valence-electron chi connectivity index (χ2n) is 4.26. The lowest BCUT2D eigenvalue weighted by atomic mass is 9.93. The van der Waals surface area contributed by atoms with Crippen LogP contribution in [0.15, 0.2) is 12.4 Å². The molecule has 0 bridgehead atoms. The van der Waals surface area contributed by atoms with Gasteiger partial charge in [0.2, 0.25) is 0 Å². The topological polar surface area (TPSA) is 50.1 Å². The Morgan fingerprint density at radius 3 is 3.20 bits per heavy atom. The summed E-state index contributed by atoms with van der Waals surface area (Å²) in [6.07, 6.45) is 6.60. The zero-order chi connectivity index (χ0) is 10.7. The first-order valence-corrected chi connectivity index (χ1v) is 5.71. The Balaban J connectivity index is 2.22. The lowest BCUT2D eigenvalue weighted by molar-refractivity contribution is 0.000696. The van der Waals surface area contributed by atoms with Gasteiger partial charge in [-0.1, -0.05) is 6.92 Å². The molecule has 0 spiro atoms. The molecule has 1 unspecified atom stereocenters. The van der Waals surface area contributed by atoms with Crippen LogP contribution in [-0.2, 0) is 12.1 Å². The minimum atomic E-state index is -0.767. The number of aryl methyl sites for hydroxylation is 1. The fourth-order valence-corrected chi connectivity index (χ4v) is 2.22. The van der Waals surface area contributed by atoms with Gasteiger partial charge < -0.3 is 15.0 Å². The summed E-state index contributed by atoms with van der Waals surface area (Å²) in [5.74, 6) is 0.816. The van der Waals surface area contributed by atoms with Crippen LogP contribution in [0.3, 0.4) is 0 Å². The Kier molecular flexibility index (Phi) is 3.07. The van der Waals surface area contributed by atoms with Crippen LogP contribution in [0.5, 0.6) is 0 Å². The highest BCUT2D eigenvalue weighted by Gasteiger charge is 2.34. The van der Waals surface area contributed by atoms with Gasteiger partial charge in [-0.05, 0) is 25.8 Å². The summed E-state index contributed by atoms with van der Waals surface area (Å²) >= 11 is 0. The molecule has 1 aliphatic heterocycles. The van der Waals surface area contributed by atoms with Gasteiger partial charge in [-0.25, -0.2) is 4.98 Å². The van der Waals surface area contributed by atoms with E-state index in [9.17, 15) is 5.11 Å². The molecule has 4 nitrogen and oxygen atoms in total. The molecule has 2 rings (SSSR count). The standard InChI is InChI=1S/C11H19N3O/c1-2-7-14-8-6-13-10(14)11(15)4-3-5-12-9-11/h6,8,12,15H,2-5,7,9H2,1H3. The zero-order valence-electron chi connectivity index (χ0n) is 9.24. The van der Waals surface area contributed by atoms with Crippen LogP contribution in [0.2, 0.25) is 0 Å². The third-order valence-corrected chi connectivity index (χ3v) is 2.96. The summed E-state index contributed by atoms with van der Waals surface area (Å²) in [5.41, 5.74) is -0.767. The van der Waals surface area contributed by atoms with E-state index in [0.717, 1.165) is 38.2 Å². The summed E-state index contributed by atoms with van der Waals surface area (Å²) in [5, 5.41) is 13.7. The minimum Gasteiger partial charge on any atom is -0.381 e. The first kappa shape index (κ1) is 10.6. The van der Waals surface area contributed by atoms with Gasteiger partial charge in [0.25, 0.3) is 0 Å². The molecule has 84 valence electrons. The second kappa shape index (κ2) is 4.33. The van der Waals surface area contributed by atoms with Crippen molar-refractivity contribution < 1.29 is 5.11 Å². The Hall–Kier alpha value is -0.870. The third-order valence-electron chi connectivity index (χ3n) is 2.96. The van der Waals surface area contributed by atoms with E-state index < -0.39 is 5.60 Å². The highest BCUT2D eigenvalue weighted by molar-refractivity contribution is 5.07. The van der Waals surface area contributed by atoms with E-state index in [1.54, 1.807) is 6.20 Å². The highest BCUT2D eigenvalue weighted by atomic mass is 16.3. The van der Waals surface area contributed by atoms with Gasteiger partial charge in [0.05, 0.1) is 0 Å². The van der Waals surface area contributed by atoms with Crippen LogP contribution < -0.4 is 5.32 Å². The zero-order valence-corrected chi connectivity index (χ0v) is 9.24. The summed E-state index contributed by atoms with van der Waals surface area (Å²) < 4.78 is 2.06. The molecule has 1 atom stereocenters. The van der Waals surface area contributed by atoms with Crippen LogP contribution in [0.1, 0.15) is 32.0 Å². The monoisotopic (exact) mass is 209 g/mol. The van der Waals surface area contributed by atoms with E-state index in [4.69, 9.17) is 0 Å². The largest absolute Gasteiger partial charge is 0.381 e. The first-order valence-electron chi connectivity index (χ1n) is 5.71. The number of aromatic nitrogens is 2. The van der Waals surface area contributed by atoms with Gasteiger partial charge in [-0.2, -0.15) is 0 Å². The van der Waals surface area contributed by atoms with E-state index in [1.807, 2.05) is 6.20 Å². The summed E-state index contributed by atoms with van der Waals surface area (Å²) in [4.78, 5) is 4.30. The molecular weight excluding hydrogens is 190 g/mol. The molecular formula is C11H19N3O. The van der Waals surface area contributed by atoms with Crippen LogP contribution in [-0.4, -0.2) is 27.7 Å². The van der Waals surface area contributed by atoms with Gasteiger partial charge in [0, 0.05) is 25.5 Å². The number of nitrogens with zero attached hydrogens (tertiary/aromatic N) is 2. The molecule has 1 aromatic heterocycles. The molecule has 0 aliphatic carbocycles. The highest BCUT2D eigenvalue weighted by Crippen LogP contribution is 2.26. The number of hydrogen-bond acceptors (Lipinski definition) is 3. The van der Waals surface area contributed by atoms with Crippen molar-refractivity contribution >= 4 is 0 Å². The molecule has 1 saturated heterocycles. The van der Waals surface area contributed by atoms with Crippen molar-refractivity contribution in [3.63, 3.8) is 0 Å². The van der Waals surface area contributed by atoms with Gasteiger partial charge in [-0.15, -0.1) is 0 Å². The van der Waals surface area contributed by atoms with E-state index in [-0.39, 0.29) is 0 Å². The number of rotatable bonds is 3. The van der Waals surface area contributed by atoms with E-state index in [0.29, 0.717) is 6.54 Å². The fourth-order valence-electron chi connectivity index (χ4n) is 2.22. The molecule has 0 radical (unpaired) electrons. The molecule has 1 aromatic rings. The van der Waals surface area contributed by atoms with Crippen molar-refractivity contribution in [2.45, 2.75) is 38.3 Å². The van der Waals surface area contributed by atoms with Crippen LogP contribution in [0.25, 0.3) is 0 Å². The lowest BCUT2D eigenvalue weighted by Gasteiger charge is -2.32. The summed E-state index contributed by atoms with van der Waals surface area (Å²) in [7, 11) is 0. The first-order chi connectivity index (χ1) is 7.26. The average Bonchev–Trinajstić information content (AvgIpc) is 2.68. The van der Waals surface area contributed by atoms with Gasteiger partial charge in [0.1, 0.15) is 11.4 Å². The SMILES string of the molecule is CCCn1ccnc1C1(O)CCCNC1. The van der Waals surface area contributed by atoms with Crippen molar-refractivity contribution in [2.24, 2.45) is 0 Å². The maximum absolute atomic E-state index is 10.5. The number of hydrogen-bond donors (Lipinski definition) is 2. The van der Waals surface area contributed by atoms with E-state index in [2.05, 4.69) is 21.8 Å². The van der Waals surface area contributed by atoms with Gasteiger partial charge in [0.15, 0.2) is 0 Å². The Morgan fingerprint density at radius 1 is 1.67 bits per heavy atom.